The van der Waals surface area contributed by atoms with Gasteiger partial charge in [-0.1, -0.05) is 24.3 Å². The predicted octanol–water partition coefficient (Wildman–Crippen LogP) is 3.09. The standard InChI is InChI=1S/C16H20N2O/c1-13-6-5-7-14(12-13)19-11-10-18(2)16-9-4-3-8-15(16)17/h3-9,12H,10-11,17H2,1-2H3. The Morgan fingerprint density at radius 1 is 1.11 bits per heavy atom. The summed E-state index contributed by atoms with van der Waals surface area (Å²) in [6.45, 7) is 3.49. The fourth-order valence-corrected chi connectivity index (χ4v) is 1.96. The zero-order valence-electron chi connectivity index (χ0n) is 11.5. The Hall–Kier alpha value is -2.16. The number of rotatable bonds is 5. The number of nitrogen functional groups attached to an aromatic ring is 1. The molecule has 0 saturated carbocycles. The lowest BCUT2D eigenvalue weighted by molar-refractivity contribution is 0.326. The molecule has 2 aromatic carbocycles. The van der Waals surface area contributed by atoms with Gasteiger partial charge in [0.05, 0.1) is 17.9 Å². The van der Waals surface area contributed by atoms with Crippen LogP contribution in [0.2, 0.25) is 0 Å². The molecule has 3 nitrogen and oxygen atoms in total. The Kier molecular flexibility index (Phi) is 4.29. The third kappa shape index (κ3) is 3.65. The highest BCUT2D eigenvalue weighted by atomic mass is 16.5. The van der Waals surface area contributed by atoms with Crippen molar-refractivity contribution in [2.75, 3.05) is 30.8 Å². The van der Waals surface area contributed by atoms with Gasteiger partial charge in [-0.2, -0.15) is 0 Å². The van der Waals surface area contributed by atoms with Crippen molar-refractivity contribution in [3.8, 4) is 5.75 Å². The molecule has 0 spiro atoms. The maximum absolute atomic E-state index is 5.94. The number of nitrogens with two attached hydrogens (primary N) is 1. The fraction of sp³-hybridized carbons (Fsp3) is 0.250. The highest BCUT2D eigenvalue weighted by molar-refractivity contribution is 5.66. The molecule has 0 radical (unpaired) electrons. The predicted molar refractivity (Wildman–Crippen MR) is 80.8 cm³/mol. The van der Waals surface area contributed by atoms with Gasteiger partial charge < -0.3 is 15.4 Å². The molecule has 2 N–H and O–H groups in total. The Bertz CT molecular complexity index is 540. The van der Waals surface area contributed by atoms with Crippen molar-refractivity contribution in [2.45, 2.75) is 6.92 Å². The molecule has 2 rings (SSSR count). The minimum atomic E-state index is 0.633. The monoisotopic (exact) mass is 256 g/mol. The van der Waals surface area contributed by atoms with Crippen LogP contribution in [-0.2, 0) is 0 Å². The first-order valence-electron chi connectivity index (χ1n) is 6.42. The first-order chi connectivity index (χ1) is 9.16. The minimum absolute atomic E-state index is 0.633. The Morgan fingerprint density at radius 3 is 2.63 bits per heavy atom. The number of anilines is 2. The zero-order valence-corrected chi connectivity index (χ0v) is 11.5. The second-order valence-electron chi connectivity index (χ2n) is 4.65. The van der Waals surface area contributed by atoms with Crippen molar-refractivity contribution in [3.05, 3.63) is 54.1 Å². The number of benzene rings is 2. The smallest absolute Gasteiger partial charge is 0.119 e. The van der Waals surface area contributed by atoms with Crippen LogP contribution in [0.15, 0.2) is 48.5 Å². The molecule has 0 aliphatic carbocycles. The van der Waals surface area contributed by atoms with E-state index in [0.717, 1.165) is 23.7 Å². The van der Waals surface area contributed by atoms with Crippen molar-refractivity contribution in [2.24, 2.45) is 0 Å². The Morgan fingerprint density at radius 2 is 1.89 bits per heavy atom. The summed E-state index contributed by atoms with van der Waals surface area (Å²) >= 11 is 0. The van der Waals surface area contributed by atoms with Crippen LogP contribution in [0.5, 0.6) is 5.75 Å². The van der Waals surface area contributed by atoms with E-state index < -0.39 is 0 Å². The highest BCUT2D eigenvalue weighted by Crippen LogP contribution is 2.20. The number of likely N-dealkylation sites (N-methyl/N-ethyl adjacent to an activating group) is 1. The molecule has 0 bridgehead atoms. The van der Waals surface area contributed by atoms with Gasteiger partial charge in [0.15, 0.2) is 0 Å². The molecule has 100 valence electrons. The van der Waals surface area contributed by atoms with Crippen molar-refractivity contribution in [1.82, 2.24) is 0 Å². The summed E-state index contributed by atoms with van der Waals surface area (Å²) in [5.74, 6) is 0.912. The number of hydrogen-bond acceptors (Lipinski definition) is 3. The molecule has 0 heterocycles. The minimum Gasteiger partial charge on any atom is -0.492 e. The normalized spacial score (nSPS) is 10.2. The summed E-state index contributed by atoms with van der Waals surface area (Å²) in [6.07, 6.45) is 0. The highest BCUT2D eigenvalue weighted by Gasteiger charge is 2.04. The van der Waals surface area contributed by atoms with Gasteiger partial charge in [-0.25, -0.2) is 0 Å². The van der Waals surface area contributed by atoms with E-state index in [-0.39, 0.29) is 0 Å². The largest absolute Gasteiger partial charge is 0.492 e. The average Bonchev–Trinajstić information content (AvgIpc) is 2.39. The lowest BCUT2D eigenvalue weighted by Gasteiger charge is -2.21. The van der Waals surface area contributed by atoms with Gasteiger partial charge >= 0.3 is 0 Å². The van der Waals surface area contributed by atoms with Crippen LogP contribution >= 0.6 is 0 Å². The van der Waals surface area contributed by atoms with Crippen molar-refractivity contribution < 1.29 is 4.74 Å². The number of ether oxygens (including phenoxy) is 1. The van der Waals surface area contributed by atoms with E-state index >= 15 is 0 Å². The van der Waals surface area contributed by atoms with Crippen LogP contribution in [0.3, 0.4) is 0 Å². The van der Waals surface area contributed by atoms with Crippen LogP contribution < -0.4 is 15.4 Å². The first-order valence-corrected chi connectivity index (χ1v) is 6.42. The summed E-state index contributed by atoms with van der Waals surface area (Å²) < 4.78 is 5.74. The van der Waals surface area contributed by atoms with E-state index in [1.165, 1.54) is 5.56 Å². The first kappa shape index (κ1) is 13.3. The van der Waals surface area contributed by atoms with E-state index in [4.69, 9.17) is 10.5 Å². The lowest BCUT2D eigenvalue weighted by atomic mass is 10.2. The van der Waals surface area contributed by atoms with Crippen LogP contribution in [-0.4, -0.2) is 20.2 Å². The van der Waals surface area contributed by atoms with Gasteiger partial charge in [0.1, 0.15) is 12.4 Å². The van der Waals surface area contributed by atoms with E-state index in [9.17, 15) is 0 Å². The molecule has 0 saturated heterocycles. The third-order valence-electron chi connectivity index (χ3n) is 3.03. The molecular formula is C16H20N2O. The van der Waals surface area contributed by atoms with Gasteiger partial charge in [-0.15, -0.1) is 0 Å². The number of aryl methyl sites for hydroxylation is 1. The summed E-state index contributed by atoms with van der Waals surface area (Å²) in [5.41, 5.74) is 8.98. The van der Waals surface area contributed by atoms with Crippen LogP contribution in [0, 0.1) is 6.92 Å². The SMILES string of the molecule is Cc1cccc(OCCN(C)c2ccccc2N)c1. The molecule has 0 aliphatic heterocycles. The van der Waals surface area contributed by atoms with Gasteiger partial charge in [0, 0.05) is 7.05 Å². The van der Waals surface area contributed by atoms with Crippen molar-refractivity contribution in [1.29, 1.82) is 0 Å². The molecule has 0 fully saturated rings. The number of hydrogen-bond donors (Lipinski definition) is 1. The molecule has 19 heavy (non-hydrogen) atoms. The summed E-state index contributed by atoms with van der Waals surface area (Å²) in [4.78, 5) is 2.10. The Balaban J connectivity index is 1.88. The summed E-state index contributed by atoms with van der Waals surface area (Å²) in [6, 6.07) is 15.9. The van der Waals surface area contributed by atoms with Gasteiger partial charge in [-0.05, 0) is 36.8 Å². The molecule has 0 amide bonds. The molecule has 0 aliphatic rings. The van der Waals surface area contributed by atoms with E-state index in [0.29, 0.717) is 6.61 Å². The van der Waals surface area contributed by atoms with Gasteiger partial charge in [-0.3, -0.25) is 0 Å². The fourth-order valence-electron chi connectivity index (χ4n) is 1.96. The van der Waals surface area contributed by atoms with Gasteiger partial charge in [0.2, 0.25) is 0 Å². The molecule has 0 aromatic heterocycles. The second kappa shape index (κ2) is 6.14. The molecular weight excluding hydrogens is 236 g/mol. The molecule has 0 atom stereocenters. The molecule has 0 unspecified atom stereocenters. The van der Waals surface area contributed by atoms with Crippen LogP contribution in [0.4, 0.5) is 11.4 Å². The van der Waals surface area contributed by atoms with Crippen LogP contribution in [0.1, 0.15) is 5.56 Å². The summed E-state index contributed by atoms with van der Waals surface area (Å²) in [7, 11) is 2.02. The zero-order chi connectivity index (χ0) is 13.7. The number of para-hydroxylation sites is 2. The molecule has 3 heteroatoms. The van der Waals surface area contributed by atoms with E-state index in [1.807, 2.05) is 49.5 Å². The van der Waals surface area contributed by atoms with E-state index in [1.54, 1.807) is 0 Å². The molecule has 2 aromatic rings. The van der Waals surface area contributed by atoms with E-state index in [2.05, 4.69) is 17.9 Å². The quantitative estimate of drug-likeness (QED) is 0.835. The number of nitrogens with zero attached hydrogens (tertiary/aromatic N) is 1. The maximum atomic E-state index is 5.94. The summed E-state index contributed by atoms with van der Waals surface area (Å²) in [5, 5.41) is 0. The van der Waals surface area contributed by atoms with Crippen molar-refractivity contribution >= 4 is 11.4 Å². The third-order valence-corrected chi connectivity index (χ3v) is 3.03. The Labute approximate surface area is 114 Å². The average molecular weight is 256 g/mol. The van der Waals surface area contributed by atoms with Crippen LogP contribution in [0.25, 0.3) is 0 Å². The van der Waals surface area contributed by atoms with Gasteiger partial charge in [0.25, 0.3) is 0 Å². The topological polar surface area (TPSA) is 38.5 Å². The maximum Gasteiger partial charge on any atom is 0.119 e. The lowest BCUT2D eigenvalue weighted by Crippen LogP contribution is -2.24. The van der Waals surface area contributed by atoms with Crippen molar-refractivity contribution in [3.63, 3.8) is 0 Å². The second-order valence-corrected chi connectivity index (χ2v) is 4.65.